The van der Waals surface area contributed by atoms with Crippen molar-refractivity contribution in [3.05, 3.63) is 53.9 Å². The van der Waals surface area contributed by atoms with Crippen molar-refractivity contribution in [1.29, 1.82) is 0 Å². The lowest BCUT2D eigenvalue weighted by Crippen LogP contribution is -2.37. The Morgan fingerprint density at radius 3 is 2.77 bits per heavy atom. The molecule has 0 radical (unpaired) electrons. The second-order valence-corrected chi connectivity index (χ2v) is 9.08. The number of nitrogens with zero attached hydrogens (tertiary/aromatic N) is 4. The lowest BCUT2D eigenvalue weighted by Gasteiger charge is -2.34. The average molecular weight is 439 g/mol. The summed E-state index contributed by atoms with van der Waals surface area (Å²) < 4.78 is 11.7. The number of fused-ring (bicyclic) bond motifs is 1. The number of hydrogen-bond acceptors (Lipinski definition) is 7. The molecule has 2 aromatic rings. The Morgan fingerprint density at radius 1 is 1.16 bits per heavy atom. The van der Waals surface area contributed by atoms with Crippen molar-refractivity contribution in [1.82, 2.24) is 9.88 Å². The van der Waals surface area contributed by atoms with E-state index in [0.717, 1.165) is 60.8 Å². The van der Waals surface area contributed by atoms with Gasteiger partial charge in [0.2, 0.25) is 0 Å². The van der Waals surface area contributed by atoms with Gasteiger partial charge in [-0.2, -0.15) is 0 Å². The molecule has 0 bridgehead atoms. The van der Waals surface area contributed by atoms with Gasteiger partial charge >= 0.3 is 0 Å². The molecule has 1 aromatic heterocycles. The van der Waals surface area contributed by atoms with Gasteiger partial charge in [-0.1, -0.05) is 30.8 Å². The molecule has 0 saturated carbocycles. The van der Waals surface area contributed by atoms with E-state index in [4.69, 9.17) is 14.5 Å². The number of hydrogen-bond donors (Lipinski definition) is 0. The molecule has 5 rings (SSSR count). The van der Waals surface area contributed by atoms with E-state index >= 15 is 0 Å². The Morgan fingerprint density at radius 2 is 2.03 bits per heavy atom. The molecule has 3 aliphatic rings. The van der Waals surface area contributed by atoms with Crippen LogP contribution >= 0.6 is 11.8 Å². The number of pyridine rings is 1. The Hall–Kier alpha value is -2.25. The van der Waals surface area contributed by atoms with Gasteiger partial charge in [0.05, 0.1) is 37.2 Å². The molecule has 164 valence electrons. The van der Waals surface area contributed by atoms with Crippen LogP contribution in [0, 0.1) is 0 Å². The van der Waals surface area contributed by atoms with Crippen LogP contribution < -0.4 is 9.64 Å². The van der Waals surface area contributed by atoms with Crippen LogP contribution in [0.2, 0.25) is 0 Å². The Bertz CT molecular complexity index is 932. The minimum Gasteiger partial charge on any atom is -0.492 e. The molecule has 3 atom stereocenters. The van der Waals surface area contributed by atoms with Gasteiger partial charge in [-0.3, -0.25) is 9.98 Å². The summed E-state index contributed by atoms with van der Waals surface area (Å²) in [5.41, 5.74) is 3.43. The summed E-state index contributed by atoms with van der Waals surface area (Å²) in [7, 11) is 0. The molecule has 0 unspecified atom stereocenters. The maximum Gasteiger partial charge on any atom is 0.160 e. The van der Waals surface area contributed by atoms with Crippen molar-refractivity contribution in [3.63, 3.8) is 0 Å². The zero-order valence-corrected chi connectivity index (χ0v) is 19.1. The first kappa shape index (κ1) is 20.6. The quantitative estimate of drug-likeness (QED) is 0.670. The van der Waals surface area contributed by atoms with Crippen molar-refractivity contribution in [2.45, 2.75) is 38.4 Å². The molecule has 7 heteroatoms. The SMILES string of the molecule is CCOc1cc([C@H]2[C@H](c3ccccn3)N=C3SC[C@@H](CC)N32)ccc1N1CCOCC1. The van der Waals surface area contributed by atoms with Crippen LogP contribution in [0.25, 0.3) is 0 Å². The highest BCUT2D eigenvalue weighted by Crippen LogP contribution is 2.49. The normalized spacial score (nSPS) is 25.5. The minimum atomic E-state index is 0.00163. The number of ether oxygens (including phenoxy) is 2. The van der Waals surface area contributed by atoms with Crippen LogP contribution in [0.4, 0.5) is 5.69 Å². The maximum atomic E-state index is 6.14. The minimum absolute atomic E-state index is 0.00163. The molecule has 3 aliphatic heterocycles. The predicted octanol–water partition coefficient (Wildman–Crippen LogP) is 4.30. The number of aromatic nitrogens is 1. The first-order chi connectivity index (χ1) is 15.3. The third-order valence-electron chi connectivity index (χ3n) is 6.31. The van der Waals surface area contributed by atoms with Gasteiger partial charge in [-0.05, 0) is 43.2 Å². The topological polar surface area (TPSA) is 50.2 Å². The van der Waals surface area contributed by atoms with Crippen molar-refractivity contribution in [3.8, 4) is 5.75 Å². The van der Waals surface area contributed by atoms with E-state index in [1.54, 1.807) is 0 Å². The van der Waals surface area contributed by atoms with Crippen molar-refractivity contribution < 1.29 is 9.47 Å². The van der Waals surface area contributed by atoms with Gasteiger partial charge in [-0.25, -0.2) is 0 Å². The second-order valence-electron chi connectivity index (χ2n) is 8.10. The van der Waals surface area contributed by atoms with Crippen molar-refractivity contribution in [2.24, 2.45) is 4.99 Å². The van der Waals surface area contributed by atoms with Gasteiger partial charge in [0.1, 0.15) is 11.8 Å². The summed E-state index contributed by atoms with van der Waals surface area (Å²) >= 11 is 1.88. The average Bonchev–Trinajstić information content (AvgIpc) is 3.39. The molecule has 0 amide bonds. The molecule has 31 heavy (non-hydrogen) atoms. The lowest BCUT2D eigenvalue weighted by molar-refractivity contribution is 0.122. The van der Waals surface area contributed by atoms with Crippen LogP contribution in [0.5, 0.6) is 5.75 Å². The first-order valence-corrected chi connectivity index (χ1v) is 12.3. The summed E-state index contributed by atoms with van der Waals surface area (Å²) in [5, 5.41) is 1.16. The summed E-state index contributed by atoms with van der Waals surface area (Å²) in [6.45, 7) is 8.28. The molecule has 0 N–H and O–H groups in total. The van der Waals surface area contributed by atoms with E-state index in [2.05, 4.69) is 52.0 Å². The highest BCUT2D eigenvalue weighted by molar-refractivity contribution is 8.14. The number of thioether (sulfide) groups is 1. The Balaban J connectivity index is 1.54. The van der Waals surface area contributed by atoms with E-state index in [1.165, 1.54) is 5.56 Å². The largest absolute Gasteiger partial charge is 0.492 e. The molecular formula is C24H30N4O2S. The highest BCUT2D eigenvalue weighted by atomic mass is 32.2. The first-order valence-electron chi connectivity index (χ1n) is 11.3. The van der Waals surface area contributed by atoms with Crippen LogP contribution in [0.15, 0.2) is 47.6 Å². The maximum absolute atomic E-state index is 6.14. The molecule has 2 saturated heterocycles. The zero-order chi connectivity index (χ0) is 21.2. The van der Waals surface area contributed by atoms with Crippen LogP contribution in [-0.4, -0.2) is 59.8 Å². The van der Waals surface area contributed by atoms with E-state index in [0.29, 0.717) is 12.6 Å². The molecule has 4 heterocycles. The molecule has 2 fully saturated rings. The van der Waals surface area contributed by atoms with Gasteiger partial charge in [-0.15, -0.1) is 0 Å². The monoisotopic (exact) mass is 438 g/mol. The van der Waals surface area contributed by atoms with E-state index in [9.17, 15) is 0 Å². The fourth-order valence-corrected chi connectivity index (χ4v) is 6.10. The van der Waals surface area contributed by atoms with E-state index < -0.39 is 0 Å². The fraction of sp³-hybridized carbons (Fsp3) is 0.500. The number of aliphatic imine (C=N–C) groups is 1. The molecular weight excluding hydrogens is 408 g/mol. The summed E-state index contributed by atoms with van der Waals surface area (Å²) in [5.74, 6) is 2.06. The number of morpholine rings is 1. The Kier molecular flexibility index (Phi) is 6.05. The van der Waals surface area contributed by atoms with E-state index in [-0.39, 0.29) is 12.1 Å². The zero-order valence-electron chi connectivity index (χ0n) is 18.2. The number of amidine groups is 1. The number of rotatable bonds is 6. The van der Waals surface area contributed by atoms with Crippen molar-refractivity contribution >= 4 is 22.6 Å². The molecule has 6 nitrogen and oxygen atoms in total. The number of anilines is 1. The van der Waals surface area contributed by atoms with Crippen LogP contribution in [-0.2, 0) is 4.74 Å². The molecule has 0 spiro atoms. The number of benzene rings is 1. The Labute approximate surface area is 188 Å². The van der Waals surface area contributed by atoms with Gasteiger partial charge in [0.25, 0.3) is 0 Å². The molecule has 0 aliphatic carbocycles. The smallest absolute Gasteiger partial charge is 0.160 e. The van der Waals surface area contributed by atoms with Gasteiger partial charge < -0.3 is 19.3 Å². The predicted molar refractivity (Wildman–Crippen MR) is 126 cm³/mol. The third kappa shape index (κ3) is 3.89. The summed E-state index contributed by atoms with van der Waals surface area (Å²) in [4.78, 5) is 14.7. The second kappa shape index (κ2) is 9.09. The molecule has 1 aromatic carbocycles. The van der Waals surface area contributed by atoms with Gasteiger partial charge in [0, 0.05) is 31.1 Å². The van der Waals surface area contributed by atoms with Crippen LogP contribution in [0.1, 0.15) is 43.6 Å². The van der Waals surface area contributed by atoms with Gasteiger partial charge in [0.15, 0.2) is 5.17 Å². The standard InChI is InChI=1S/C24H30N4O2S/c1-3-18-16-31-24-26-22(19-7-5-6-10-25-19)23(28(18)24)17-8-9-20(21(15-17)30-4-2)27-11-13-29-14-12-27/h5-10,15,18,22-23H,3-4,11-14,16H2,1-2H3/t18-,22+,23+/m1/s1. The van der Waals surface area contributed by atoms with E-state index in [1.807, 2.05) is 30.9 Å². The summed E-state index contributed by atoms with van der Waals surface area (Å²) in [6.07, 6.45) is 2.98. The lowest BCUT2D eigenvalue weighted by atomic mass is 9.94. The summed E-state index contributed by atoms with van der Waals surface area (Å²) in [6, 6.07) is 13.5. The fourth-order valence-electron chi connectivity index (χ4n) is 4.76. The third-order valence-corrected chi connectivity index (χ3v) is 7.43. The van der Waals surface area contributed by atoms with Crippen LogP contribution in [0.3, 0.4) is 0 Å². The van der Waals surface area contributed by atoms with Crippen molar-refractivity contribution in [2.75, 3.05) is 43.6 Å². The highest BCUT2D eigenvalue weighted by Gasteiger charge is 2.45.